The van der Waals surface area contributed by atoms with Crippen LogP contribution in [0.15, 0.2) is 18.2 Å². The Hall–Kier alpha value is -1.91. The van der Waals surface area contributed by atoms with E-state index in [1.54, 1.807) is 25.1 Å². The van der Waals surface area contributed by atoms with E-state index in [2.05, 4.69) is 18.8 Å². The fourth-order valence-corrected chi connectivity index (χ4v) is 6.97. The van der Waals surface area contributed by atoms with Gasteiger partial charge in [-0.2, -0.15) is 0 Å². The fraction of sp³-hybridized carbons (Fsp3) is 0.710. The van der Waals surface area contributed by atoms with E-state index in [0.717, 1.165) is 43.2 Å². The van der Waals surface area contributed by atoms with E-state index in [1.165, 1.54) is 11.3 Å². The van der Waals surface area contributed by atoms with Gasteiger partial charge in [-0.1, -0.05) is 59.4 Å². The summed E-state index contributed by atoms with van der Waals surface area (Å²) in [6, 6.07) is 5.25. The van der Waals surface area contributed by atoms with E-state index in [1.807, 2.05) is 13.8 Å². The summed E-state index contributed by atoms with van der Waals surface area (Å²) in [6.07, 6.45) is 3.43. The number of unbranched alkanes of at least 4 members (excludes halogenated alkanes) is 1. The maximum absolute atomic E-state index is 13.7. The molecule has 2 fully saturated rings. The van der Waals surface area contributed by atoms with Crippen molar-refractivity contribution in [3.63, 3.8) is 0 Å². The highest BCUT2D eigenvalue weighted by Crippen LogP contribution is 2.54. The number of esters is 1. The molecule has 2 aliphatic heterocycles. The SMILES string of the molecule is CCCCC1CC(C)CCCC2(C)OC2(O)C(O)C(c2ccc3sc(CO)nc3c2)OC(=O)CCC(C)(C)C1=O. The van der Waals surface area contributed by atoms with Gasteiger partial charge in [-0.25, -0.2) is 4.98 Å². The van der Waals surface area contributed by atoms with Crippen LogP contribution < -0.4 is 0 Å². The molecule has 0 amide bonds. The third kappa shape index (κ3) is 6.44. The van der Waals surface area contributed by atoms with Crippen molar-refractivity contribution < 1.29 is 34.4 Å². The number of ether oxygens (including phenoxy) is 2. The highest BCUT2D eigenvalue weighted by atomic mass is 32.1. The maximum atomic E-state index is 13.7. The molecule has 1 aromatic heterocycles. The predicted octanol–water partition coefficient (Wildman–Crippen LogP) is 5.60. The number of Topliss-reactive ketones (excluding diaryl/α,β-unsaturated/α-hetero) is 1. The number of carbonyl (C=O) groups excluding carboxylic acids is 2. The van der Waals surface area contributed by atoms with Crippen LogP contribution in [-0.2, 0) is 25.7 Å². The van der Waals surface area contributed by atoms with Gasteiger partial charge in [0.25, 0.3) is 0 Å². The number of hydrogen-bond acceptors (Lipinski definition) is 9. The Labute approximate surface area is 241 Å². The summed E-state index contributed by atoms with van der Waals surface area (Å²) >= 11 is 1.36. The quantitative estimate of drug-likeness (QED) is 0.310. The number of aromatic nitrogens is 1. The van der Waals surface area contributed by atoms with Gasteiger partial charge in [0.1, 0.15) is 16.4 Å². The van der Waals surface area contributed by atoms with E-state index in [-0.39, 0.29) is 24.7 Å². The molecule has 2 aromatic rings. The van der Waals surface area contributed by atoms with Gasteiger partial charge in [0.15, 0.2) is 12.2 Å². The molecule has 0 radical (unpaired) electrons. The number of rotatable bonds is 5. The molecule has 1 aromatic carbocycles. The number of ketones is 1. The number of thiazole rings is 1. The first-order valence-electron chi connectivity index (χ1n) is 14.7. The number of hydrogen-bond donors (Lipinski definition) is 3. The van der Waals surface area contributed by atoms with Gasteiger partial charge in [-0.15, -0.1) is 11.3 Å². The van der Waals surface area contributed by atoms with Gasteiger partial charge >= 0.3 is 5.97 Å². The molecule has 0 saturated carbocycles. The number of benzene rings is 1. The van der Waals surface area contributed by atoms with Gasteiger partial charge in [0.2, 0.25) is 5.79 Å². The van der Waals surface area contributed by atoms with E-state index in [9.17, 15) is 24.9 Å². The number of carbonyl (C=O) groups is 2. The van der Waals surface area contributed by atoms with E-state index in [0.29, 0.717) is 34.8 Å². The summed E-state index contributed by atoms with van der Waals surface area (Å²) in [7, 11) is 0. The molecular weight excluding hydrogens is 530 g/mol. The molecule has 2 saturated heterocycles. The topological polar surface area (TPSA) is 129 Å². The second-order valence-corrected chi connectivity index (χ2v) is 13.8. The van der Waals surface area contributed by atoms with Gasteiger partial charge < -0.3 is 24.8 Å². The Bertz CT molecular complexity index is 1210. The first-order valence-corrected chi connectivity index (χ1v) is 15.5. The van der Waals surface area contributed by atoms with Crippen LogP contribution in [0.3, 0.4) is 0 Å². The van der Waals surface area contributed by atoms with Crippen molar-refractivity contribution in [1.29, 1.82) is 0 Å². The number of aliphatic hydroxyl groups is 3. The largest absolute Gasteiger partial charge is 0.454 e. The minimum Gasteiger partial charge on any atom is -0.454 e. The van der Waals surface area contributed by atoms with Gasteiger partial charge in [-0.3, -0.25) is 9.59 Å². The Morgan fingerprint density at radius 2 is 1.93 bits per heavy atom. The maximum Gasteiger partial charge on any atom is 0.306 e. The monoisotopic (exact) mass is 575 g/mol. The Kier molecular flexibility index (Phi) is 9.42. The molecule has 3 N–H and O–H groups in total. The first-order chi connectivity index (χ1) is 18.8. The molecule has 9 heteroatoms. The lowest BCUT2D eigenvalue weighted by Crippen LogP contribution is -2.42. The van der Waals surface area contributed by atoms with Crippen LogP contribution in [0.5, 0.6) is 0 Å². The van der Waals surface area contributed by atoms with Crippen molar-refractivity contribution in [1.82, 2.24) is 4.98 Å². The number of nitrogens with zero attached hydrogens (tertiary/aromatic N) is 1. The average molecular weight is 576 g/mol. The van der Waals surface area contributed by atoms with Crippen molar-refractivity contribution in [3.8, 4) is 0 Å². The van der Waals surface area contributed by atoms with Crippen molar-refractivity contribution in [2.45, 2.75) is 123 Å². The Morgan fingerprint density at radius 1 is 1.18 bits per heavy atom. The summed E-state index contributed by atoms with van der Waals surface area (Å²) in [4.78, 5) is 31.3. The van der Waals surface area contributed by atoms with Crippen LogP contribution in [0.25, 0.3) is 10.2 Å². The third-order valence-electron chi connectivity index (χ3n) is 8.90. The molecule has 4 rings (SSSR count). The van der Waals surface area contributed by atoms with Crippen LogP contribution in [0.1, 0.15) is 109 Å². The lowest BCUT2D eigenvalue weighted by molar-refractivity contribution is -0.171. The summed E-state index contributed by atoms with van der Waals surface area (Å²) in [5.74, 6) is -1.96. The van der Waals surface area contributed by atoms with Crippen LogP contribution in [0.4, 0.5) is 0 Å². The van der Waals surface area contributed by atoms with Crippen LogP contribution in [0, 0.1) is 17.3 Å². The van der Waals surface area contributed by atoms with Gasteiger partial charge in [0, 0.05) is 17.8 Å². The second-order valence-electron chi connectivity index (χ2n) is 12.7. The number of epoxide rings is 1. The Balaban J connectivity index is 1.64. The summed E-state index contributed by atoms with van der Waals surface area (Å²) in [6.45, 7) is 9.70. The molecule has 0 spiro atoms. The molecule has 0 aliphatic carbocycles. The molecule has 6 unspecified atom stereocenters. The molecule has 0 bridgehead atoms. The van der Waals surface area contributed by atoms with Gasteiger partial charge in [-0.05, 0) is 56.2 Å². The molecule has 40 heavy (non-hydrogen) atoms. The third-order valence-corrected chi connectivity index (χ3v) is 9.92. The zero-order valence-electron chi connectivity index (χ0n) is 24.4. The minimum atomic E-state index is -1.87. The molecule has 8 nitrogen and oxygen atoms in total. The average Bonchev–Trinajstić information content (AvgIpc) is 3.26. The van der Waals surface area contributed by atoms with Crippen molar-refractivity contribution >= 4 is 33.3 Å². The van der Waals surface area contributed by atoms with Crippen molar-refractivity contribution in [3.05, 3.63) is 28.8 Å². The van der Waals surface area contributed by atoms with Crippen LogP contribution in [-0.4, -0.2) is 49.5 Å². The van der Waals surface area contributed by atoms with E-state index < -0.39 is 35.0 Å². The summed E-state index contributed by atoms with van der Waals surface area (Å²) in [5, 5.41) is 32.9. The minimum absolute atomic E-state index is 0.00215. The zero-order valence-corrected chi connectivity index (χ0v) is 25.3. The lowest BCUT2D eigenvalue weighted by atomic mass is 9.73. The normalized spacial score (nSPS) is 33.9. The first kappa shape index (κ1) is 31.0. The molecule has 6 atom stereocenters. The molecule has 2 aliphatic rings. The zero-order chi connectivity index (χ0) is 29.3. The second kappa shape index (κ2) is 12.1. The van der Waals surface area contributed by atoms with E-state index in [4.69, 9.17) is 9.47 Å². The Morgan fingerprint density at radius 3 is 2.62 bits per heavy atom. The molecule has 3 heterocycles. The fourth-order valence-electron chi connectivity index (χ4n) is 6.17. The highest BCUT2D eigenvalue weighted by Gasteiger charge is 2.71. The van der Waals surface area contributed by atoms with Crippen molar-refractivity contribution in [2.75, 3.05) is 0 Å². The molecule has 222 valence electrons. The standard InChI is InChI=1S/C31H45NO7S/c1-6-7-10-21-16-19(2)9-8-14-30(5)31(37,39-30)28(36)26(38-25(34)13-15-29(3,4)27(21)35)20-11-12-23-22(17-20)32-24(18-33)40-23/h11-12,17,19,21,26,28,33,36-37H,6-10,13-16,18H2,1-5H3. The molecular formula is C31H45NO7S. The summed E-state index contributed by atoms with van der Waals surface area (Å²) in [5.41, 5.74) is -0.604. The number of fused-ring (bicyclic) bond motifs is 2. The predicted molar refractivity (Wildman–Crippen MR) is 153 cm³/mol. The van der Waals surface area contributed by atoms with Crippen LogP contribution >= 0.6 is 11.3 Å². The van der Waals surface area contributed by atoms with Crippen LogP contribution in [0.2, 0.25) is 0 Å². The number of aliphatic hydroxyl groups excluding tert-OH is 2. The van der Waals surface area contributed by atoms with Crippen molar-refractivity contribution in [2.24, 2.45) is 17.3 Å². The summed E-state index contributed by atoms with van der Waals surface area (Å²) < 4.78 is 12.5. The number of cyclic esters (lactones) is 1. The van der Waals surface area contributed by atoms with Gasteiger partial charge in [0.05, 0.1) is 16.8 Å². The highest BCUT2D eigenvalue weighted by molar-refractivity contribution is 7.18. The van der Waals surface area contributed by atoms with E-state index >= 15 is 0 Å². The lowest BCUT2D eigenvalue weighted by Gasteiger charge is -2.31. The smallest absolute Gasteiger partial charge is 0.306 e.